The summed E-state index contributed by atoms with van der Waals surface area (Å²) < 4.78 is 0. The van der Waals surface area contributed by atoms with Gasteiger partial charge in [0.15, 0.2) is 0 Å². The molecular weight excluding hydrogens is 228 g/mol. The topological polar surface area (TPSA) is 0 Å². The molecule has 0 rings (SSSR count). The second-order valence-corrected chi connectivity index (χ2v) is 0.577. The fourth-order valence-electron chi connectivity index (χ4n) is 0. The molecule has 0 aromatic carbocycles. The van der Waals surface area contributed by atoms with Crippen molar-refractivity contribution in [1.82, 2.24) is 0 Å². The number of hydrogen-bond donors (Lipinski definition) is 0. The molecule has 29 valence electrons. The van der Waals surface area contributed by atoms with Gasteiger partial charge in [-0.25, -0.2) is 0 Å². The minimum atomic E-state index is 0. The molecule has 0 spiro atoms. The Balaban J connectivity index is -0.0000000200. The van der Waals surface area contributed by atoms with E-state index in [4.69, 9.17) is 0 Å². The van der Waals surface area contributed by atoms with E-state index in [0.29, 0.717) is 0 Å². The number of hydrogen-bond acceptors (Lipinski definition) is 0. The Hall–Kier alpha value is 1.35. The van der Waals surface area contributed by atoms with Gasteiger partial charge in [-0.05, 0) is 6.42 Å². The van der Waals surface area contributed by atoms with Gasteiger partial charge in [0.25, 0.3) is 0 Å². The van der Waals surface area contributed by atoms with Gasteiger partial charge in [-0.2, -0.15) is 0 Å². The van der Waals surface area contributed by atoms with Crippen LogP contribution < -0.4 is 24.0 Å². The third kappa shape index (κ3) is 32.9. The van der Waals surface area contributed by atoms with Crippen LogP contribution in [-0.2, 0) is 19.5 Å². The van der Waals surface area contributed by atoms with Crippen LogP contribution in [0.1, 0.15) is 13.8 Å². The molecule has 0 aliphatic carbocycles. The minimum Gasteiger partial charge on any atom is -1.00 e. The largest absolute Gasteiger partial charge is 1.00 e. The Morgan fingerprint density at radius 1 is 1.20 bits per heavy atom. The molecule has 0 fully saturated rings. The van der Waals surface area contributed by atoms with E-state index in [2.05, 4.69) is 0 Å². The van der Waals surface area contributed by atoms with Crippen molar-refractivity contribution in [3.8, 4) is 0 Å². The van der Waals surface area contributed by atoms with E-state index in [1.54, 1.807) is 0 Å². The maximum absolute atomic E-state index is 2.00. The third-order valence-corrected chi connectivity index (χ3v) is 0. The average molecular weight is 235 g/mol. The zero-order valence-corrected chi connectivity index (χ0v) is 8.79. The monoisotopic (exact) mass is 234 g/mol. The Labute approximate surface area is 63.5 Å². The first-order valence-electron chi connectivity index (χ1n) is 1.15. The molecule has 0 amide bonds. The van der Waals surface area contributed by atoms with Crippen LogP contribution in [0.5, 0.6) is 0 Å². The summed E-state index contributed by atoms with van der Waals surface area (Å²) in [4.78, 5) is 0. The smallest absolute Gasteiger partial charge is 0 e. The molecule has 2 heteroatoms. The van der Waals surface area contributed by atoms with Crippen LogP contribution in [0.2, 0.25) is 0 Å². The molecule has 1 radical (unpaired) electrons. The molecule has 0 aliphatic heterocycles. The normalized spacial score (nSPS) is 3.60. The third-order valence-electron chi connectivity index (χ3n) is 0. The van der Waals surface area contributed by atoms with Crippen LogP contribution >= 0.6 is 0 Å². The van der Waals surface area contributed by atoms with Gasteiger partial charge < -0.3 is 24.0 Å². The standard InChI is InChI=1S/C3H7.HI.Zn/c1-3-2;;/h3H,1-2H3;1H;/p-1. The van der Waals surface area contributed by atoms with E-state index in [9.17, 15) is 0 Å². The summed E-state index contributed by atoms with van der Waals surface area (Å²) in [6, 6.07) is 0. The maximum Gasteiger partial charge on any atom is 0 e. The quantitative estimate of drug-likeness (QED) is 0.344. The van der Waals surface area contributed by atoms with E-state index in [0.717, 1.165) is 0 Å². The molecule has 0 aliphatic rings. The molecule has 0 aromatic heterocycles. The van der Waals surface area contributed by atoms with Gasteiger partial charge in [-0.15, -0.1) is 0 Å². The Kier molecular flexibility index (Phi) is 59.3. The predicted octanol–water partition coefficient (Wildman–Crippen LogP) is -1.77. The van der Waals surface area contributed by atoms with Gasteiger partial charge in [0, 0.05) is 19.5 Å². The van der Waals surface area contributed by atoms with E-state index < -0.39 is 0 Å². The fourth-order valence-corrected chi connectivity index (χ4v) is 0. The molecule has 0 unspecified atom stereocenters. The molecule has 0 bridgehead atoms. The van der Waals surface area contributed by atoms with Gasteiger partial charge in [0.05, 0.1) is 0 Å². The molecule has 0 N–H and O–H groups in total. The summed E-state index contributed by atoms with van der Waals surface area (Å²) in [5.74, 6) is 0. The second kappa shape index (κ2) is 18.3. The van der Waals surface area contributed by atoms with Crippen molar-refractivity contribution in [2.45, 2.75) is 13.8 Å². The summed E-state index contributed by atoms with van der Waals surface area (Å²) in [5, 5.41) is 0. The first kappa shape index (κ1) is 16.2. The predicted molar refractivity (Wildman–Crippen MR) is 15.6 cm³/mol. The van der Waals surface area contributed by atoms with Crippen LogP contribution in [0.3, 0.4) is 0 Å². The van der Waals surface area contributed by atoms with Crippen LogP contribution in [0.25, 0.3) is 0 Å². The molecule has 0 saturated carbocycles. The van der Waals surface area contributed by atoms with Crippen molar-refractivity contribution in [2.24, 2.45) is 0 Å². The SMILES string of the molecule is C[CH]C.[I-].[Zn]. The minimum absolute atomic E-state index is 0. The summed E-state index contributed by atoms with van der Waals surface area (Å²) in [6.07, 6.45) is 2.00. The Bertz CT molecular complexity index is 6.85. The van der Waals surface area contributed by atoms with Crippen molar-refractivity contribution in [3.05, 3.63) is 6.42 Å². The van der Waals surface area contributed by atoms with E-state index in [1.165, 1.54) is 0 Å². The van der Waals surface area contributed by atoms with E-state index in [1.807, 2.05) is 20.3 Å². The average Bonchev–Trinajstić information content (AvgIpc) is 0.918. The maximum atomic E-state index is 2.00. The number of rotatable bonds is 0. The van der Waals surface area contributed by atoms with Crippen molar-refractivity contribution in [2.75, 3.05) is 0 Å². The zero-order valence-electron chi connectivity index (χ0n) is 3.66. The van der Waals surface area contributed by atoms with Gasteiger partial charge in [-0.3, -0.25) is 0 Å². The van der Waals surface area contributed by atoms with Crippen LogP contribution in [0.15, 0.2) is 0 Å². The molecule has 0 heterocycles. The fraction of sp³-hybridized carbons (Fsp3) is 0.667. The summed E-state index contributed by atoms with van der Waals surface area (Å²) in [6.45, 7) is 4.00. The van der Waals surface area contributed by atoms with Gasteiger partial charge in [0.2, 0.25) is 0 Å². The molecular formula is C3H7IZn-. The van der Waals surface area contributed by atoms with Crippen LogP contribution in [-0.4, -0.2) is 0 Å². The van der Waals surface area contributed by atoms with E-state index >= 15 is 0 Å². The van der Waals surface area contributed by atoms with Gasteiger partial charge >= 0.3 is 0 Å². The number of halogens is 1. The van der Waals surface area contributed by atoms with Crippen molar-refractivity contribution >= 4 is 0 Å². The first-order valence-corrected chi connectivity index (χ1v) is 1.15. The molecule has 0 aromatic rings. The zero-order chi connectivity index (χ0) is 2.71. The molecule has 0 atom stereocenters. The van der Waals surface area contributed by atoms with Gasteiger partial charge in [-0.1, -0.05) is 13.8 Å². The van der Waals surface area contributed by atoms with Crippen molar-refractivity contribution < 1.29 is 43.5 Å². The summed E-state index contributed by atoms with van der Waals surface area (Å²) in [7, 11) is 0. The molecule has 5 heavy (non-hydrogen) atoms. The molecule has 0 saturated heterocycles. The van der Waals surface area contributed by atoms with Crippen LogP contribution in [0.4, 0.5) is 0 Å². The summed E-state index contributed by atoms with van der Waals surface area (Å²) >= 11 is 0. The van der Waals surface area contributed by atoms with Gasteiger partial charge in [0.1, 0.15) is 0 Å². The van der Waals surface area contributed by atoms with Crippen LogP contribution in [0, 0.1) is 6.42 Å². The van der Waals surface area contributed by atoms with Crippen molar-refractivity contribution in [1.29, 1.82) is 0 Å². The Morgan fingerprint density at radius 2 is 1.20 bits per heavy atom. The van der Waals surface area contributed by atoms with Crippen molar-refractivity contribution in [3.63, 3.8) is 0 Å². The second-order valence-electron chi connectivity index (χ2n) is 0.577. The van der Waals surface area contributed by atoms with E-state index in [-0.39, 0.29) is 43.5 Å². The first-order chi connectivity index (χ1) is 1.41. The summed E-state index contributed by atoms with van der Waals surface area (Å²) in [5.41, 5.74) is 0. The molecule has 0 nitrogen and oxygen atoms in total. The Morgan fingerprint density at radius 3 is 1.20 bits per heavy atom.